The summed E-state index contributed by atoms with van der Waals surface area (Å²) in [5.41, 5.74) is 10.4. The molecule has 5 N–H and O–H groups in total. The van der Waals surface area contributed by atoms with Crippen molar-refractivity contribution in [2.24, 2.45) is 0 Å². The van der Waals surface area contributed by atoms with Gasteiger partial charge in [-0.2, -0.15) is 10.1 Å². The summed E-state index contributed by atoms with van der Waals surface area (Å²) in [6.07, 6.45) is -0.492. The summed E-state index contributed by atoms with van der Waals surface area (Å²) >= 11 is 0. The largest absolute Gasteiger partial charge is 0.398 e. The van der Waals surface area contributed by atoms with Gasteiger partial charge in [-0.3, -0.25) is 0 Å². The van der Waals surface area contributed by atoms with Gasteiger partial charge in [-0.15, -0.1) is 5.10 Å². The quantitative estimate of drug-likeness (QED) is 0.430. The highest BCUT2D eigenvalue weighted by molar-refractivity contribution is 5.75. The van der Waals surface area contributed by atoms with E-state index in [4.69, 9.17) is 10.7 Å². The Morgan fingerprint density at radius 1 is 1.07 bits per heavy atom. The second-order valence-electron chi connectivity index (χ2n) is 7.97. The number of aliphatic hydroxyl groups is 1. The summed E-state index contributed by atoms with van der Waals surface area (Å²) in [5.74, 6) is 1.54. The molecule has 0 amide bonds. The number of para-hydroxylation sites is 1. The van der Waals surface area contributed by atoms with E-state index in [1.165, 1.54) is 0 Å². The topological polar surface area (TPSA) is 114 Å². The Balaban J connectivity index is 2.08. The zero-order chi connectivity index (χ0) is 21.1. The minimum absolute atomic E-state index is 0.142. The van der Waals surface area contributed by atoms with Crippen LogP contribution in [-0.4, -0.2) is 37.5 Å². The maximum absolute atomic E-state index is 9.76. The molecule has 0 bridgehead atoms. The molecule has 0 aliphatic carbocycles. The molecule has 0 radical (unpaired) electrons. The molecule has 8 heteroatoms. The first kappa shape index (κ1) is 20.9. The molecule has 2 heterocycles. The van der Waals surface area contributed by atoms with Gasteiger partial charge < -0.3 is 26.0 Å². The third-order valence-corrected chi connectivity index (χ3v) is 4.76. The minimum atomic E-state index is -0.492. The van der Waals surface area contributed by atoms with E-state index in [0.29, 0.717) is 24.9 Å². The Kier molecular flexibility index (Phi) is 6.22. The number of nitrogens with one attached hydrogen (secondary N) is 2. The average Bonchev–Trinajstić information content (AvgIpc) is 3.10. The molecule has 1 atom stereocenters. The maximum Gasteiger partial charge on any atom is 0.205 e. The van der Waals surface area contributed by atoms with Crippen LogP contribution in [0.5, 0.6) is 0 Å². The normalized spacial score (nSPS) is 12.7. The lowest BCUT2D eigenvalue weighted by atomic mass is 10.1. The van der Waals surface area contributed by atoms with Crippen molar-refractivity contribution in [2.75, 3.05) is 22.9 Å². The number of hydrogen-bond donors (Lipinski definition) is 4. The number of anilines is 3. The SMILES string of the molecule is CC(O)CNc1nc(NCc2ccccc2N)c2nnc(C(C)C)c-2n1C(C)C. The molecule has 0 saturated carbocycles. The van der Waals surface area contributed by atoms with E-state index in [0.717, 1.165) is 28.3 Å². The summed E-state index contributed by atoms with van der Waals surface area (Å²) < 4.78 is 2.11. The lowest BCUT2D eigenvalue weighted by molar-refractivity contribution is 0.208. The molecule has 3 rings (SSSR count). The fourth-order valence-corrected chi connectivity index (χ4v) is 3.29. The molecule has 0 aromatic heterocycles. The summed E-state index contributed by atoms with van der Waals surface area (Å²) in [7, 11) is 0. The number of nitrogens with two attached hydrogens (primary N) is 1. The van der Waals surface area contributed by atoms with Gasteiger partial charge in [0.15, 0.2) is 11.5 Å². The molecule has 1 aromatic carbocycles. The van der Waals surface area contributed by atoms with Crippen LogP contribution in [0.15, 0.2) is 24.3 Å². The van der Waals surface area contributed by atoms with Crippen LogP contribution in [0.1, 0.15) is 57.8 Å². The lowest BCUT2D eigenvalue weighted by Gasteiger charge is -2.24. The number of hydrogen-bond acceptors (Lipinski definition) is 7. The summed E-state index contributed by atoms with van der Waals surface area (Å²) in [5, 5.41) is 25.3. The highest BCUT2D eigenvalue weighted by Gasteiger charge is 2.27. The van der Waals surface area contributed by atoms with Gasteiger partial charge in [-0.05, 0) is 38.3 Å². The van der Waals surface area contributed by atoms with Gasteiger partial charge >= 0.3 is 0 Å². The lowest BCUT2D eigenvalue weighted by Crippen LogP contribution is -2.23. The van der Waals surface area contributed by atoms with Crippen LogP contribution in [0, 0.1) is 0 Å². The van der Waals surface area contributed by atoms with Crippen LogP contribution in [0.2, 0.25) is 0 Å². The van der Waals surface area contributed by atoms with Crippen molar-refractivity contribution in [3.63, 3.8) is 0 Å². The number of benzene rings is 1. The highest BCUT2D eigenvalue weighted by Crippen LogP contribution is 2.37. The van der Waals surface area contributed by atoms with E-state index in [1.54, 1.807) is 6.92 Å². The average molecular weight is 398 g/mol. The predicted molar refractivity (Wildman–Crippen MR) is 117 cm³/mol. The fraction of sp³-hybridized carbons (Fsp3) is 0.476. The number of aliphatic hydroxyl groups excluding tert-OH is 1. The first-order valence-electron chi connectivity index (χ1n) is 10.1. The van der Waals surface area contributed by atoms with Crippen LogP contribution in [0.25, 0.3) is 11.4 Å². The Morgan fingerprint density at radius 2 is 1.79 bits per heavy atom. The molecular weight excluding hydrogens is 366 g/mol. The van der Waals surface area contributed by atoms with E-state index >= 15 is 0 Å². The molecule has 0 fully saturated rings. The highest BCUT2D eigenvalue weighted by atomic mass is 16.3. The zero-order valence-corrected chi connectivity index (χ0v) is 17.8. The van der Waals surface area contributed by atoms with Crippen molar-refractivity contribution in [3.05, 3.63) is 35.5 Å². The van der Waals surface area contributed by atoms with Crippen LogP contribution in [0.4, 0.5) is 17.5 Å². The molecule has 2 aliphatic rings. The van der Waals surface area contributed by atoms with E-state index in [2.05, 4.69) is 53.1 Å². The van der Waals surface area contributed by atoms with Gasteiger partial charge in [0.2, 0.25) is 5.95 Å². The van der Waals surface area contributed by atoms with Crippen LogP contribution < -0.4 is 16.4 Å². The second-order valence-corrected chi connectivity index (χ2v) is 7.97. The summed E-state index contributed by atoms with van der Waals surface area (Å²) in [6, 6.07) is 7.89. The Morgan fingerprint density at radius 3 is 2.41 bits per heavy atom. The number of aromatic nitrogens is 4. The Labute approximate surface area is 171 Å². The molecule has 8 nitrogen and oxygen atoms in total. The third kappa shape index (κ3) is 4.42. The summed E-state index contributed by atoms with van der Waals surface area (Å²) in [4.78, 5) is 4.80. The van der Waals surface area contributed by atoms with Crippen LogP contribution >= 0.6 is 0 Å². The number of nitrogens with zero attached hydrogens (tertiary/aromatic N) is 4. The van der Waals surface area contributed by atoms with Crippen LogP contribution in [-0.2, 0) is 6.54 Å². The van der Waals surface area contributed by atoms with Gasteiger partial charge in [0.05, 0.1) is 17.5 Å². The molecule has 1 aromatic rings. The third-order valence-electron chi connectivity index (χ3n) is 4.76. The van der Waals surface area contributed by atoms with E-state index in [9.17, 15) is 5.11 Å². The maximum atomic E-state index is 9.76. The number of nitrogen functional groups attached to an aromatic ring is 1. The smallest absolute Gasteiger partial charge is 0.205 e. The molecule has 0 saturated heterocycles. The fourth-order valence-electron chi connectivity index (χ4n) is 3.29. The first-order valence-corrected chi connectivity index (χ1v) is 10.1. The van der Waals surface area contributed by atoms with Gasteiger partial charge in [-0.1, -0.05) is 32.0 Å². The van der Waals surface area contributed by atoms with E-state index in [1.807, 2.05) is 24.3 Å². The molecule has 29 heavy (non-hydrogen) atoms. The molecule has 1 unspecified atom stereocenters. The van der Waals surface area contributed by atoms with Gasteiger partial charge in [0.25, 0.3) is 0 Å². The summed E-state index contributed by atoms with van der Waals surface area (Å²) in [6.45, 7) is 11.1. The van der Waals surface area contributed by atoms with Crippen molar-refractivity contribution in [1.29, 1.82) is 0 Å². The number of fused-ring (bicyclic) bond motifs is 1. The van der Waals surface area contributed by atoms with Crippen molar-refractivity contribution >= 4 is 17.5 Å². The predicted octanol–water partition coefficient (Wildman–Crippen LogP) is 3.47. The Hall–Kier alpha value is -2.87. The molecule has 0 spiro atoms. The van der Waals surface area contributed by atoms with Gasteiger partial charge in [0, 0.05) is 24.8 Å². The standard InChI is InChI=1S/C21H31N7O/c1-12(2)17-19-18(27-26-17)20(23-11-15-8-6-7-9-16(15)22)25-21(24-10-14(5)29)28(19)13(3)4/h6-9,12-14,23,29H,10-11,22H2,1-5H3,(H,24,25). The van der Waals surface area contributed by atoms with Crippen molar-refractivity contribution in [1.82, 2.24) is 19.7 Å². The van der Waals surface area contributed by atoms with Gasteiger partial charge in [0.1, 0.15) is 0 Å². The van der Waals surface area contributed by atoms with Crippen molar-refractivity contribution in [3.8, 4) is 11.4 Å². The first-order chi connectivity index (χ1) is 13.8. The number of rotatable bonds is 8. The van der Waals surface area contributed by atoms with E-state index < -0.39 is 6.10 Å². The Bertz CT molecular complexity index is 933. The minimum Gasteiger partial charge on any atom is -0.398 e. The zero-order valence-electron chi connectivity index (χ0n) is 17.8. The van der Waals surface area contributed by atoms with Gasteiger partial charge in [-0.25, -0.2) is 0 Å². The van der Waals surface area contributed by atoms with Crippen molar-refractivity contribution in [2.45, 2.75) is 59.2 Å². The second kappa shape index (κ2) is 8.65. The van der Waals surface area contributed by atoms with Crippen molar-refractivity contribution < 1.29 is 5.11 Å². The monoisotopic (exact) mass is 397 g/mol. The molecular formula is C21H31N7O. The molecule has 2 aliphatic heterocycles. The van der Waals surface area contributed by atoms with E-state index in [-0.39, 0.29) is 12.0 Å². The van der Waals surface area contributed by atoms with Crippen LogP contribution in [0.3, 0.4) is 0 Å². The molecule has 156 valence electrons.